The molecule has 1 N–H and O–H groups in total. The van der Waals surface area contributed by atoms with Crippen LogP contribution in [0.5, 0.6) is 5.75 Å². The number of rotatable bonds is 7. The molecule has 0 aliphatic carbocycles. The molecule has 1 aromatic carbocycles. The molecular weight excluding hydrogens is 403 g/mol. The van der Waals surface area contributed by atoms with E-state index in [0.717, 1.165) is 13.1 Å². The fourth-order valence-corrected chi connectivity index (χ4v) is 2.67. The number of carbonyl (C=O) groups excluding carboxylic acids is 1. The highest BCUT2D eigenvalue weighted by Gasteiger charge is 2.27. The predicted molar refractivity (Wildman–Crippen MR) is 88.9 cm³/mol. The lowest BCUT2D eigenvalue weighted by Crippen LogP contribution is -2.41. The second kappa shape index (κ2) is 9.23. The van der Waals surface area contributed by atoms with Crippen molar-refractivity contribution < 1.29 is 40.6 Å². The van der Waals surface area contributed by atoms with Crippen molar-refractivity contribution in [2.24, 2.45) is 0 Å². The first kappa shape index (κ1) is 21.1. The Morgan fingerprint density at radius 3 is 2.28 bits per heavy atom. The van der Waals surface area contributed by atoms with Gasteiger partial charge in [-0.2, -0.15) is 8.78 Å². The fourth-order valence-electron chi connectivity index (χ4n) is 2.67. The zero-order chi connectivity index (χ0) is 21.0. The Kier molecular flexibility index (Phi) is 6.70. The van der Waals surface area contributed by atoms with Crippen LogP contribution in [0, 0.1) is 29.1 Å². The Labute approximate surface area is 162 Å². The number of carbonyl (C=O) groups is 1. The largest absolute Gasteiger partial charge is 0.479 e. The van der Waals surface area contributed by atoms with Gasteiger partial charge in [-0.15, -0.1) is 0 Å². The van der Waals surface area contributed by atoms with Crippen molar-refractivity contribution in [3.63, 3.8) is 0 Å². The minimum Gasteiger partial charge on any atom is -0.479 e. The van der Waals surface area contributed by atoms with Gasteiger partial charge in [0.1, 0.15) is 12.4 Å². The van der Waals surface area contributed by atoms with Crippen LogP contribution in [0.1, 0.15) is 16.3 Å². The first-order valence-corrected chi connectivity index (χ1v) is 8.69. The summed E-state index contributed by atoms with van der Waals surface area (Å²) in [4.78, 5) is 14.2. The molecule has 0 atom stereocenters. The van der Waals surface area contributed by atoms with E-state index < -0.39 is 47.3 Å². The third-order valence-electron chi connectivity index (χ3n) is 4.23. The van der Waals surface area contributed by atoms with Crippen LogP contribution in [-0.2, 0) is 11.3 Å². The predicted octanol–water partition coefficient (Wildman–Crippen LogP) is 2.62. The summed E-state index contributed by atoms with van der Waals surface area (Å²) in [5.74, 6) is -12.7. The summed E-state index contributed by atoms with van der Waals surface area (Å²) in [7, 11) is 0. The van der Waals surface area contributed by atoms with Crippen molar-refractivity contribution >= 4 is 5.91 Å². The van der Waals surface area contributed by atoms with E-state index >= 15 is 0 Å². The van der Waals surface area contributed by atoms with Crippen LogP contribution in [0.2, 0.25) is 0 Å². The number of furan rings is 1. The van der Waals surface area contributed by atoms with Crippen molar-refractivity contribution in [3.05, 3.63) is 52.7 Å². The molecule has 2 aromatic rings. The summed E-state index contributed by atoms with van der Waals surface area (Å²) in [5.41, 5.74) is 0. The lowest BCUT2D eigenvalue weighted by Gasteiger charge is -2.26. The van der Waals surface area contributed by atoms with E-state index in [1.165, 1.54) is 12.1 Å². The van der Waals surface area contributed by atoms with E-state index in [0.29, 0.717) is 26.3 Å². The normalized spacial score (nSPS) is 14.8. The molecule has 0 saturated carbocycles. The molecule has 1 amide bonds. The van der Waals surface area contributed by atoms with Crippen LogP contribution < -0.4 is 10.1 Å². The number of amides is 1. The molecule has 1 saturated heterocycles. The Morgan fingerprint density at radius 1 is 1.00 bits per heavy atom. The summed E-state index contributed by atoms with van der Waals surface area (Å²) in [5, 5.41) is 2.66. The molecule has 1 aliphatic heterocycles. The molecule has 11 heteroatoms. The van der Waals surface area contributed by atoms with E-state index in [2.05, 4.69) is 15.0 Å². The molecule has 0 unspecified atom stereocenters. The maximum Gasteiger partial charge on any atom is 0.287 e. The van der Waals surface area contributed by atoms with Gasteiger partial charge in [0.2, 0.25) is 29.1 Å². The highest BCUT2D eigenvalue weighted by Crippen LogP contribution is 2.29. The van der Waals surface area contributed by atoms with Gasteiger partial charge in [-0.3, -0.25) is 9.69 Å². The van der Waals surface area contributed by atoms with Gasteiger partial charge in [-0.1, -0.05) is 0 Å². The molecule has 3 rings (SSSR count). The molecule has 1 aromatic heterocycles. The van der Waals surface area contributed by atoms with Crippen molar-refractivity contribution in [2.75, 3.05) is 39.4 Å². The van der Waals surface area contributed by atoms with Crippen LogP contribution in [0.4, 0.5) is 22.0 Å². The van der Waals surface area contributed by atoms with Crippen molar-refractivity contribution in [1.29, 1.82) is 0 Å². The maximum absolute atomic E-state index is 13.6. The molecule has 6 nitrogen and oxygen atoms in total. The second-order valence-corrected chi connectivity index (χ2v) is 6.16. The van der Waals surface area contributed by atoms with Crippen LogP contribution in [-0.4, -0.2) is 50.2 Å². The van der Waals surface area contributed by atoms with Gasteiger partial charge < -0.3 is 19.2 Å². The first-order valence-electron chi connectivity index (χ1n) is 8.69. The average molecular weight is 420 g/mol. The number of hydrogen-bond donors (Lipinski definition) is 1. The second-order valence-electron chi connectivity index (χ2n) is 6.16. The Bertz CT molecular complexity index is 854. The SMILES string of the molecule is O=C(NCCN1CCOCC1)c1ccc(COc2c(F)c(F)c(F)c(F)c2F)o1. The van der Waals surface area contributed by atoms with Crippen molar-refractivity contribution in [1.82, 2.24) is 10.2 Å². The molecule has 2 heterocycles. The number of ether oxygens (including phenoxy) is 2. The average Bonchev–Trinajstić information content (AvgIpc) is 3.21. The number of halogens is 5. The molecular formula is C18H17F5N2O4. The smallest absolute Gasteiger partial charge is 0.287 e. The van der Waals surface area contributed by atoms with Crippen molar-refractivity contribution in [2.45, 2.75) is 6.61 Å². The van der Waals surface area contributed by atoms with Crippen LogP contribution in [0.3, 0.4) is 0 Å². The lowest BCUT2D eigenvalue weighted by atomic mass is 10.2. The van der Waals surface area contributed by atoms with Gasteiger partial charge in [-0.25, -0.2) is 13.2 Å². The van der Waals surface area contributed by atoms with E-state index in [-0.39, 0.29) is 11.5 Å². The first-order chi connectivity index (χ1) is 13.9. The number of hydrogen-bond acceptors (Lipinski definition) is 5. The summed E-state index contributed by atoms with van der Waals surface area (Å²) in [6.45, 7) is 3.18. The summed E-state index contributed by atoms with van der Waals surface area (Å²) in [6.07, 6.45) is 0. The van der Waals surface area contributed by atoms with Gasteiger partial charge in [0.25, 0.3) is 5.91 Å². The minimum atomic E-state index is -2.28. The molecule has 158 valence electrons. The summed E-state index contributed by atoms with van der Waals surface area (Å²) < 4.78 is 81.6. The summed E-state index contributed by atoms with van der Waals surface area (Å²) >= 11 is 0. The third kappa shape index (κ3) is 4.85. The van der Waals surface area contributed by atoms with Gasteiger partial charge >= 0.3 is 0 Å². The number of morpholine rings is 1. The van der Waals surface area contributed by atoms with Crippen molar-refractivity contribution in [3.8, 4) is 5.75 Å². The van der Waals surface area contributed by atoms with E-state index in [4.69, 9.17) is 9.15 Å². The summed E-state index contributed by atoms with van der Waals surface area (Å²) in [6, 6.07) is 2.60. The third-order valence-corrected chi connectivity index (χ3v) is 4.23. The lowest BCUT2D eigenvalue weighted by molar-refractivity contribution is 0.0382. The number of nitrogens with zero attached hydrogens (tertiary/aromatic N) is 1. The molecule has 0 bridgehead atoms. The topological polar surface area (TPSA) is 63.9 Å². The molecule has 1 fully saturated rings. The zero-order valence-corrected chi connectivity index (χ0v) is 15.1. The fraction of sp³-hybridized carbons (Fsp3) is 0.389. The van der Waals surface area contributed by atoms with Gasteiger partial charge in [0.15, 0.2) is 11.5 Å². The quantitative estimate of drug-likeness (QED) is 0.424. The van der Waals surface area contributed by atoms with E-state index in [9.17, 15) is 26.7 Å². The van der Waals surface area contributed by atoms with Crippen LogP contribution in [0.25, 0.3) is 0 Å². The Morgan fingerprint density at radius 2 is 1.62 bits per heavy atom. The number of nitrogens with one attached hydrogen (secondary N) is 1. The van der Waals surface area contributed by atoms with Crippen LogP contribution >= 0.6 is 0 Å². The molecule has 0 radical (unpaired) electrons. The highest BCUT2D eigenvalue weighted by molar-refractivity contribution is 5.91. The van der Waals surface area contributed by atoms with Crippen LogP contribution in [0.15, 0.2) is 16.5 Å². The Hall–Kier alpha value is -2.66. The molecule has 29 heavy (non-hydrogen) atoms. The van der Waals surface area contributed by atoms with Gasteiger partial charge in [0.05, 0.1) is 13.2 Å². The Balaban J connectivity index is 1.54. The van der Waals surface area contributed by atoms with E-state index in [1.807, 2.05) is 0 Å². The zero-order valence-electron chi connectivity index (χ0n) is 15.1. The standard InChI is InChI=1S/C18H17F5N2O4/c19-12-13(20)15(22)17(16(23)14(12)21)28-9-10-1-2-11(29-10)18(26)24-3-4-25-5-7-27-8-6-25/h1-2H,3-9H2,(H,24,26). The molecule has 1 aliphatic rings. The molecule has 0 spiro atoms. The van der Waals surface area contributed by atoms with Gasteiger partial charge in [-0.05, 0) is 12.1 Å². The minimum absolute atomic E-state index is 0.0349. The number of benzene rings is 1. The highest BCUT2D eigenvalue weighted by atomic mass is 19.2. The van der Waals surface area contributed by atoms with Gasteiger partial charge in [0, 0.05) is 26.2 Å². The maximum atomic E-state index is 13.6. The van der Waals surface area contributed by atoms with E-state index in [1.54, 1.807) is 0 Å². The monoisotopic (exact) mass is 420 g/mol.